The van der Waals surface area contributed by atoms with Crippen molar-refractivity contribution < 1.29 is 18.3 Å². The number of aliphatic hydroxyl groups excluding tert-OH is 1. The van der Waals surface area contributed by atoms with Gasteiger partial charge in [0.05, 0.1) is 11.7 Å². The van der Waals surface area contributed by atoms with Gasteiger partial charge in [0.1, 0.15) is 11.6 Å². The van der Waals surface area contributed by atoms with Gasteiger partial charge < -0.3 is 15.4 Å². The number of pyridine rings is 1. The van der Waals surface area contributed by atoms with Crippen LogP contribution in [0.25, 0.3) is 0 Å². The van der Waals surface area contributed by atoms with Crippen LogP contribution in [0, 0.1) is 0 Å². The number of aromatic nitrogens is 1. The van der Waals surface area contributed by atoms with Gasteiger partial charge in [0.15, 0.2) is 0 Å². The molecule has 2 aliphatic heterocycles. The fourth-order valence-corrected chi connectivity index (χ4v) is 3.41. The van der Waals surface area contributed by atoms with E-state index in [2.05, 4.69) is 10.4 Å². The van der Waals surface area contributed by atoms with Gasteiger partial charge in [-0.3, -0.25) is 0 Å². The predicted molar refractivity (Wildman–Crippen MR) is 71.6 cm³/mol. The van der Waals surface area contributed by atoms with E-state index in [0.29, 0.717) is 12.8 Å². The Bertz CT molecular complexity index is 523. The average molecular weight is 302 g/mol. The third kappa shape index (κ3) is 2.65. The van der Waals surface area contributed by atoms with Crippen LogP contribution in [0.5, 0.6) is 0 Å². The largest absolute Gasteiger partial charge is 0.416 e. The fraction of sp³-hybridized carbons (Fsp3) is 0.615. The molecule has 116 valence electrons. The number of hydrogen-bond acceptors (Lipinski definition) is 5. The molecule has 3 rings (SSSR count). The molecule has 21 heavy (non-hydrogen) atoms. The van der Waals surface area contributed by atoms with Gasteiger partial charge in [0, 0.05) is 12.1 Å². The molecular weight excluding hydrogens is 285 g/mol. The van der Waals surface area contributed by atoms with Crippen LogP contribution in [0.3, 0.4) is 0 Å². The van der Waals surface area contributed by atoms with Gasteiger partial charge in [-0.05, 0) is 37.8 Å². The van der Waals surface area contributed by atoms with Crippen LogP contribution in [0.1, 0.15) is 31.2 Å². The van der Waals surface area contributed by atoms with Crippen molar-refractivity contribution in [3.05, 3.63) is 17.7 Å². The Morgan fingerprint density at radius 2 is 1.86 bits per heavy atom. The highest BCUT2D eigenvalue weighted by atomic mass is 19.4. The second kappa shape index (κ2) is 5.03. The number of nitrogens with one attached hydrogen (secondary N) is 1. The first-order valence-electron chi connectivity index (χ1n) is 6.91. The Hall–Kier alpha value is -1.54. The van der Waals surface area contributed by atoms with Crippen molar-refractivity contribution in [1.29, 1.82) is 0 Å². The molecule has 0 spiro atoms. The van der Waals surface area contributed by atoms with Gasteiger partial charge in [-0.15, -0.1) is 0 Å². The molecule has 2 unspecified atom stereocenters. The van der Waals surface area contributed by atoms with Crippen LogP contribution in [0.4, 0.5) is 24.8 Å². The number of aliphatic hydroxyl groups is 1. The summed E-state index contributed by atoms with van der Waals surface area (Å²) in [7, 11) is 0. The maximum absolute atomic E-state index is 13.0. The number of hydrogen-bond donors (Lipinski definition) is 3. The van der Waals surface area contributed by atoms with Crippen LogP contribution in [-0.2, 0) is 6.18 Å². The molecule has 2 fully saturated rings. The minimum atomic E-state index is -4.45. The lowest BCUT2D eigenvalue weighted by Crippen LogP contribution is -2.45. The quantitative estimate of drug-likeness (QED) is 0.574. The number of piperidine rings is 1. The Morgan fingerprint density at radius 1 is 1.24 bits per heavy atom. The van der Waals surface area contributed by atoms with E-state index in [9.17, 15) is 18.3 Å². The molecule has 1 aromatic rings. The van der Waals surface area contributed by atoms with E-state index in [1.807, 2.05) is 4.90 Å². The van der Waals surface area contributed by atoms with Gasteiger partial charge in [0.25, 0.3) is 0 Å². The van der Waals surface area contributed by atoms with Crippen molar-refractivity contribution in [1.82, 2.24) is 4.98 Å². The molecule has 2 bridgehead atoms. The number of nitrogens with two attached hydrogens (primary N) is 1. The Labute approximate surface area is 119 Å². The summed E-state index contributed by atoms with van der Waals surface area (Å²) in [6.45, 7) is 0. The monoisotopic (exact) mass is 302 g/mol. The third-order valence-corrected chi connectivity index (χ3v) is 4.26. The van der Waals surface area contributed by atoms with Crippen LogP contribution in [0.2, 0.25) is 0 Å². The molecule has 0 saturated carbocycles. The van der Waals surface area contributed by atoms with Crippen molar-refractivity contribution in [2.45, 2.75) is 50.0 Å². The predicted octanol–water partition coefficient (Wildman–Crippen LogP) is 1.88. The Balaban J connectivity index is 1.99. The molecule has 5 nitrogen and oxygen atoms in total. The highest BCUT2D eigenvalue weighted by Crippen LogP contribution is 2.41. The maximum Gasteiger partial charge on any atom is 0.416 e. The van der Waals surface area contributed by atoms with Crippen LogP contribution >= 0.6 is 0 Å². The summed E-state index contributed by atoms with van der Waals surface area (Å²) in [5.74, 6) is 5.50. The summed E-state index contributed by atoms with van der Waals surface area (Å²) in [5, 5.41) is 9.78. The molecule has 1 aromatic heterocycles. The van der Waals surface area contributed by atoms with Crippen molar-refractivity contribution >= 4 is 11.6 Å². The number of anilines is 2. The molecule has 3 heterocycles. The summed E-state index contributed by atoms with van der Waals surface area (Å²) in [6, 6.07) is 2.04. The fourth-order valence-electron chi connectivity index (χ4n) is 3.41. The first-order valence-corrected chi connectivity index (χ1v) is 6.91. The topological polar surface area (TPSA) is 74.4 Å². The number of rotatable bonds is 2. The van der Waals surface area contributed by atoms with Gasteiger partial charge in [0.2, 0.25) is 0 Å². The summed E-state index contributed by atoms with van der Waals surface area (Å²) < 4.78 is 38.9. The molecule has 2 aliphatic rings. The zero-order valence-corrected chi connectivity index (χ0v) is 11.3. The Kier molecular flexibility index (Phi) is 3.45. The van der Waals surface area contributed by atoms with Crippen molar-refractivity contribution in [2.24, 2.45) is 5.84 Å². The summed E-state index contributed by atoms with van der Waals surface area (Å²) in [6.07, 6.45) is -1.95. The second-order valence-electron chi connectivity index (χ2n) is 5.66. The molecule has 0 radical (unpaired) electrons. The zero-order valence-electron chi connectivity index (χ0n) is 11.3. The van der Waals surface area contributed by atoms with Gasteiger partial charge in [-0.2, -0.15) is 13.2 Å². The van der Waals surface area contributed by atoms with Gasteiger partial charge >= 0.3 is 6.18 Å². The van der Waals surface area contributed by atoms with Crippen LogP contribution in [-0.4, -0.2) is 28.3 Å². The van der Waals surface area contributed by atoms with E-state index in [4.69, 9.17) is 5.84 Å². The van der Waals surface area contributed by atoms with E-state index < -0.39 is 11.7 Å². The van der Waals surface area contributed by atoms with Crippen LogP contribution < -0.4 is 16.2 Å². The number of hydrazine groups is 1. The van der Waals surface area contributed by atoms with E-state index in [0.717, 1.165) is 25.0 Å². The molecule has 8 heteroatoms. The minimum absolute atomic E-state index is 0.00894. The SMILES string of the molecule is NNc1cc(C(F)(F)F)cc(N2C3CCC2CC(O)C3)n1. The van der Waals surface area contributed by atoms with Crippen molar-refractivity contribution in [2.75, 3.05) is 10.3 Å². The number of fused-ring (bicyclic) bond motifs is 2. The number of nitrogens with zero attached hydrogens (tertiary/aromatic N) is 2. The van der Waals surface area contributed by atoms with Gasteiger partial charge in [-0.1, -0.05) is 0 Å². The molecule has 0 aromatic carbocycles. The van der Waals surface area contributed by atoms with E-state index in [1.54, 1.807) is 0 Å². The molecule has 4 N–H and O–H groups in total. The first kappa shape index (κ1) is 14.4. The lowest BCUT2D eigenvalue weighted by atomic mass is 10.00. The summed E-state index contributed by atoms with van der Waals surface area (Å²) in [4.78, 5) is 6.07. The maximum atomic E-state index is 13.0. The lowest BCUT2D eigenvalue weighted by Gasteiger charge is -2.38. The minimum Gasteiger partial charge on any atom is -0.393 e. The summed E-state index contributed by atoms with van der Waals surface area (Å²) in [5.41, 5.74) is 1.42. The lowest BCUT2D eigenvalue weighted by molar-refractivity contribution is -0.137. The van der Waals surface area contributed by atoms with Crippen molar-refractivity contribution in [3.63, 3.8) is 0 Å². The van der Waals surface area contributed by atoms with E-state index >= 15 is 0 Å². The molecular formula is C13H17F3N4O. The first-order chi connectivity index (χ1) is 9.88. The third-order valence-electron chi connectivity index (χ3n) is 4.26. The van der Waals surface area contributed by atoms with Crippen LogP contribution in [0.15, 0.2) is 12.1 Å². The number of halogens is 3. The molecule has 0 aliphatic carbocycles. The molecule has 2 saturated heterocycles. The normalized spacial score (nSPS) is 28.8. The molecule has 0 amide bonds. The number of alkyl halides is 3. The summed E-state index contributed by atoms with van der Waals surface area (Å²) >= 11 is 0. The highest BCUT2D eigenvalue weighted by molar-refractivity contribution is 5.53. The van der Waals surface area contributed by atoms with E-state index in [-0.39, 0.29) is 29.8 Å². The second-order valence-corrected chi connectivity index (χ2v) is 5.66. The smallest absolute Gasteiger partial charge is 0.393 e. The standard InChI is InChI=1S/C13H17F3N4O/c14-13(15,16)7-3-11(19-17)18-12(4-7)20-8-1-2-9(20)6-10(21)5-8/h3-4,8-10,21H,1-2,5-6,17H2,(H,18,19). The number of nitrogen functional groups attached to an aromatic ring is 1. The highest BCUT2D eigenvalue weighted by Gasteiger charge is 2.42. The van der Waals surface area contributed by atoms with Gasteiger partial charge in [-0.25, -0.2) is 10.8 Å². The van der Waals surface area contributed by atoms with Crippen molar-refractivity contribution in [3.8, 4) is 0 Å². The van der Waals surface area contributed by atoms with E-state index in [1.165, 1.54) is 0 Å². The Morgan fingerprint density at radius 3 is 2.38 bits per heavy atom. The molecule has 2 atom stereocenters. The average Bonchev–Trinajstić information content (AvgIpc) is 2.69. The zero-order chi connectivity index (χ0) is 15.2.